The van der Waals surface area contributed by atoms with Gasteiger partial charge in [0, 0.05) is 31.3 Å². The molecule has 7 heteroatoms. The van der Waals surface area contributed by atoms with Gasteiger partial charge in [0.15, 0.2) is 0 Å². The minimum atomic E-state index is -0.334. The number of carbonyl (C=O) groups is 1. The molecular weight excluding hydrogens is 344 g/mol. The van der Waals surface area contributed by atoms with Crippen molar-refractivity contribution in [3.05, 3.63) is 52.3 Å². The van der Waals surface area contributed by atoms with Crippen molar-refractivity contribution in [2.45, 2.75) is 38.0 Å². The van der Waals surface area contributed by atoms with Gasteiger partial charge in [0.05, 0.1) is 12.3 Å². The summed E-state index contributed by atoms with van der Waals surface area (Å²) in [5, 5.41) is 0. The molecule has 7 nitrogen and oxygen atoms in total. The number of rotatable bonds is 5. The molecule has 2 aliphatic rings. The standard InChI is InChI=1S/C20H24N4O3/c25-19-16(5-2-8-21-19)20(26)24-9-6-14(7-10-24)12-27-18-11-17(22-13-23-18)15-3-1-4-15/h2,5,8,11,13-15H,1,3-4,6-7,9-10,12H2,(H,21,25). The van der Waals surface area contributed by atoms with Crippen LogP contribution in [0, 0.1) is 5.92 Å². The molecular formula is C20H24N4O3. The fourth-order valence-electron chi connectivity index (χ4n) is 3.63. The van der Waals surface area contributed by atoms with Crippen molar-refractivity contribution < 1.29 is 9.53 Å². The van der Waals surface area contributed by atoms with Crippen LogP contribution in [0.15, 0.2) is 35.5 Å². The summed E-state index contributed by atoms with van der Waals surface area (Å²) in [6.07, 6.45) is 8.51. The van der Waals surface area contributed by atoms with Crippen molar-refractivity contribution in [3.8, 4) is 5.88 Å². The average molecular weight is 368 g/mol. The molecule has 1 N–H and O–H groups in total. The number of likely N-dealkylation sites (tertiary alicyclic amines) is 1. The van der Waals surface area contributed by atoms with Gasteiger partial charge in [-0.2, -0.15) is 0 Å². The Hall–Kier alpha value is -2.70. The Morgan fingerprint density at radius 1 is 1.22 bits per heavy atom. The zero-order chi connectivity index (χ0) is 18.6. The Kier molecular flexibility index (Phi) is 5.18. The fraction of sp³-hybridized carbons (Fsp3) is 0.500. The van der Waals surface area contributed by atoms with E-state index in [2.05, 4.69) is 15.0 Å². The van der Waals surface area contributed by atoms with Gasteiger partial charge < -0.3 is 14.6 Å². The SMILES string of the molecule is O=C(c1ccc[nH]c1=O)N1CCC(COc2cc(C3CCC3)ncn2)CC1. The molecule has 0 aromatic carbocycles. The topological polar surface area (TPSA) is 88.2 Å². The van der Waals surface area contributed by atoms with Gasteiger partial charge in [-0.15, -0.1) is 0 Å². The monoisotopic (exact) mass is 368 g/mol. The van der Waals surface area contributed by atoms with E-state index in [1.807, 2.05) is 6.07 Å². The molecule has 1 aliphatic carbocycles. The Bertz CT molecular complexity index is 854. The third kappa shape index (κ3) is 4.02. The van der Waals surface area contributed by atoms with Gasteiger partial charge in [-0.3, -0.25) is 9.59 Å². The Balaban J connectivity index is 1.28. The van der Waals surface area contributed by atoms with Gasteiger partial charge in [0.1, 0.15) is 11.9 Å². The normalized spacial score (nSPS) is 18.1. The lowest BCUT2D eigenvalue weighted by atomic mass is 9.83. The van der Waals surface area contributed by atoms with Gasteiger partial charge in [0.25, 0.3) is 11.5 Å². The number of amides is 1. The Labute approximate surface area is 157 Å². The van der Waals surface area contributed by atoms with E-state index in [9.17, 15) is 9.59 Å². The predicted molar refractivity (Wildman–Crippen MR) is 99.8 cm³/mol. The zero-order valence-electron chi connectivity index (χ0n) is 15.3. The first-order valence-electron chi connectivity index (χ1n) is 9.62. The first-order valence-corrected chi connectivity index (χ1v) is 9.62. The van der Waals surface area contributed by atoms with E-state index in [0.29, 0.717) is 37.4 Å². The first-order chi connectivity index (χ1) is 13.2. The molecule has 1 amide bonds. The number of piperidine rings is 1. The summed E-state index contributed by atoms with van der Waals surface area (Å²) in [4.78, 5) is 37.2. The third-order valence-electron chi connectivity index (χ3n) is 5.60. The molecule has 142 valence electrons. The van der Waals surface area contributed by atoms with E-state index < -0.39 is 0 Å². The summed E-state index contributed by atoms with van der Waals surface area (Å²) in [5.74, 6) is 1.38. The maximum Gasteiger partial charge on any atom is 0.260 e. The smallest absolute Gasteiger partial charge is 0.260 e. The van der Waals surface area contributed by atoms with Gasteiger partial charge in [-0.05, 0) is 43.7 Å². The molecule has 1 saturated heterocycles. The van der Waals surface area contributed by atoms with Crippen molar-refractivity contribution >= 4 is 5.91 Å². The number of aromatic amines is 1. The molecule has 0 unspecified atom stereocenters. The van der Waals surface area contributed by atoms with Gasteiger partial charge in [-0.1, -0.05) is 6.42 Å². The molecule has 2 fully saturated rings. The highest BCUT2D eigenvalue weighted by Gasteiger charge is 2.26. The molecule has 4 rings (SSSR count). The fourth-order valence-corrected chi connectivity index (χ4v) is 3.63. The Morgan fingerprint density at radius 2 is 2.04 bits per heavy atom. The molecule has 2 aromatic rings. The molecule has 1 aliphatic heterocycles. The number of nitrogens with zero attached hydrogens (tertiary/aromatic N) is 3. The number of H-pyrrole nitrogens is 1. The van der Waals surface area contributed by atoms with Crippen LogP contribution in [-0.4, -0.2) is 45.5 Å². The van der Waals surface area contributed by atoms with Crippen LogP contribution >= 0.6 is 0 Å². The number of aromatic nitrogens is 3. The average Bonchev–Trinajstić information content (AvgIpc) is 2.66. The van der Waals surface area contributed by atoms with Crippen LogP contribution in [0.4, 0.5) is 0 Å². The van der Waals surface area contributed by atoms with E-state index in [0.717, 1.165) is 18.5 Å². The minimum absolute atomic E-state index is 0.197. The Morgan fingerprint density at radius 3 is 2.74 bits per heavy atom. The van der Waals surface area contributed by atoms with Crippen LogP contribution in [0.1, 0.15) is 54.1 Å². The lowest BCUT2D eigenvalue weighted by Gasteiger charge is -2.31. The summed E-state index contributed by atoms with van der Waals surface area (Å²) in [7, 11) is 0. The summed E-state index contributed by atoms with van der Waals surface area (Å²) < 4.78 is 5.89. The van der Waals surface area contributed by atoms with Crippen molar-refractivity contribution in [2.75, 3.05) is 19.7 Å². The van der Waals surface area contributed by atoms with Gasteiger partial charge >= 0.3 is 0 Å². The van der Waals surface area contributed by atoms with Crippen LogP contribution < -0.4 is 10.3 Å². The van der Waals surface area contributed by atoms with E-state index in [1.54, 1.807) is 23.4 Å². The minimum Gasteiger partial charge on any atom is -0.477 e. The van der Waals surface area contributed by atoms with Gasteiger partial charge in [-0.25, -0.2) is 9.97 Å². The number of nitrogens with one attached hydrogen (secondary N) is 1. The third-order valence-corrected chi connectivity index (χ3v) is 5.60. The van der Waals surface area contributed by atoms with Crippen LogP contribution in [0.5, 0.6) is 5.88 Å². The second-order valence-electron chi connectivity index (χ2n) is 7.37. The summed E-state index contributed by atoms with van der Waals surface area (Å²) in [6.45, 7) is 1.87. The van der Waals surface area contributed by atoms with Crippen LogP contribution in [0.25, 0.3) is 0 Å². The number of hydrogen-bond acceptors (Lipinski definition) is 5. The molecule has 0 bridgehead atoms. The maximum atomic E-state index is 12.5. The van der Waals surface area contributed by atoms with Crippen molar-refractivity contribution in [3.63, 3.8) is 0 Å². The highest BCUT2D eigenvalue weighted by atomic mass is 16.5. The lowest BCUT2D eigenvalue weighted by Crippen LogP contribution is -2.41. The molecule has 2 aromatic heterocycles. The maximum absolute atomic E-state index is 12.5. The number of ether oxygens (including phenoxy) is 1. The quantitative estimate of drug-likeness (QED) is 0.875. The van der Waals surface area contributed by atoms with Crippen LogP contribution in [0.3, 0.4) is 0 Å². The van der Waals surface area contributed by atoms with Crippen molar-refractivity contribution in [1.29, 1.82) is 0 Å². The second kappa shape index (κ2) is 7.90. The van der Waals surface area contributed by atoms with Crippen LogP contribution in [-0.2, 0) is 0 Å². The van der Waals surface area contributed by atoms with Crippen LogP contribution in [0.2, 0.25) is 0 Å². The highest BCUT2D eigenvalue weighted by Crippen LogP contribution is 2.35. The largest absolute Gasteiger partial charge is 0.477 e. The summed E-state index contributed by atoms with van der Waals surface area (Å²) in [5.41, 5.74) is 0.954. The molecule has 0 radical (unpaired) electrons. The van der Waals surface area contributed by atoms with Crippen molar-refractivity contribution in [2.24, 2.45) is 5.92 Å². The molecule has 0 atom stereocenters. The molecule has 1 saturated carbocycles. The summed E-state index contributed by atoms with van der Waals surface area (Å²) >= 11 is 0. The van der Waals surface area contributed by atoms with E-state index in [1.165, 1.54) is 25.5 Å². The van der Waals surface area contributed by atoms with Gasteiger partial charge in [0.2, 0.25) is 5.88 Å². The number of pyridine rings is 1. The molecule has 0 spiro atoms. The number of carbonyl (C=O) groups excluding carboxylic acids is 1. The molecule has 3 heterocycles. The lowest BCUT2D eigenvalue weighted by molar-refractivity contribution is 0.0657. The highest BCUT2D eigenvalue weighted by molar-refractivity contribution is 5.93. The predicted octanol–water partition coefficient (Wildman–Crippen LogP) is 2.36. The second-order valence-corrected chi connectivity index (χ2v) is 7.37. The van der Waals surface area contributed by atoms with E-state index in [-0.39, 0.29) is 17.0 Å². The van der Waals surface area contributed by atoms with E-state index in [4.69, 9.17) is 4.74 Å². The number of hydrogen-bond donors (Lipinski definition) is 1. The van der Waals surface area contributed by atoms with Crippen molar-refractivity contribution in [1.82, 2.24) is 19.9 Å². The van der Waals surface area contributed by atoms with E-state index >= 15 is 0 Å². The zero-order valence-corrected chi connectivity index (χ0v) is 15.3. The summed E-state index contributed by atoms with van der Waals surface area (Å²) in [6, 6.07) is 5.21. The molecule has 27 heavy (non-hydrogen) atoms. The first kappa shape index (κ1) is 17.7.